The van der Waals surface area contributed by atoms with E-state index in [0.717, 1.165) is 35.7 Å². The summed E-state index contributed by atoms with van der Waals surface area (Å²) in [5, 5.41) is 4.61. The molecule has 2 aromatic heterocycles. The summed E-state index contributed by atoms with van der Waals surface area (Å²) in [6, 6.07) is 9.38. The monoisotopic (exact) mass is 413 g/mol. The Bertz CT molecular complexity index is 978. The topological polar surface area (TPSA) is 71.0 Å². The molecule has 1 atom stereocenters. The molecule has 0 spiro atoms. The van der Waals surface area contributed by atoms with Gasteiger partial charge < -0.3 is 10.2 Å². The first kappa shape index (κ1) is 18.8. The zero-order valence-corrected chi connectivity index (χ0v) is 17.0. The minimum atomic E-state index is -0.0795. The number of halogens is 1. The van der Waals surface area contributed by atoms with Crippen molar-refractivity contribution in [2.75, 3.05) is 18.0 Å². The zero-order valence-electron chi connectivity index (χ0n) is 15.4. The molecule has 1 fully saturated rings. The van der Waals surface area contributed by atoms with Crippen LogP contribution in [-0.4, -0.2) is 40.0 Å². The van der Waals surface area contributed by atoms with Crippen molar-refractivity contribution in [3.05, 3.63) is 58.3 Å². The number of thiazole rings is 1. The van der Waals surface area contributed by atoms with Gasteiger partial charge in [0.05, 0.1) is 5.69 Å². The normalized spacial score (nSPS) is 16.8. The summed E-state index contributed by atoms with van der Waals surface area (Å²) in [6.07, 6.45) is 5.40. The molecule has 6 nitrogen and oxygen atoms in total. The Morgan fingerprint density at radius 3 is 2.89 bits per heavy atom. The molecule has 1 N–H and O–H groups in total. The van der Waals surface area contributed by atoms with Gasteiger partial charge in [-0.1, -0.05) is 23.7 Å². The van der Waals surface area contributed by atoms with Gasteiger partial charge >= 0.3 is 0 Å². The highest BCUT2D eigenvalue weighted by molar-refractivity contribution is 7.17. The van der Waals surface area contributed by atoms with Crippen molar-refractivity contribution >= 4 is 34.8 Å². The van der Waals surface area contributed by atoms with Gasteiger partial charge in [-0.05, 0) is 38.0 Å². The second-order valence-corrected chi connectivity index (χ2v) is 8.19. The molecule has 0 bridgehead atoms. The number of anilines is 1. The van der Waals surface area contributed by atoms with E-state index in [2.05, 4.69) is 25.2 Å². The van der Waals surface area contributed by atoms with Crippen LogP contribution in [0.5, 0.6) is 0 Å². The number of piperidine rings is 1. The molecule has 4 rings (SSSR count). The number of rotatable bonds is 4. The summed E-state index contributed by atoms with van der Waals surface area (Å²) < 4.78 is 0. The SMILES string of the molecule is Cc1nc(-c2cccc(Cl)c2)sc1C(=O)N[C@@H]1CCCN(c2ncccn2)C1. The van der Waals surface area contributed by atoms with Crippen LogP contribution in [-0.2, 0) is 0 Å². The van der Waals surface area contributed by atoms with Crippen LogP contribution in [0, 0.1) is 6.92 Å². The van der Waals surface area contributed by atoms with Crippen LogP contribution in [0.3, 0.4) is 0 Å². The average molecular weight is 414 g/mol. The summed E-state index contributed by atoms with van der Waals surface area (Å²) in [5.74, 6) is 0.628. The Balaban J connectivity index is 1.46. The number of aromatic nitrogens is 3. The van der Waals surface area contributed by atoms with Crippen LogP contribution < -0.4 is 10.2 Å². The standard InChI is InChI=1S/C20H20ClN5OS/c1-13-17(28-19(24-13)14-5-2-6-15(21)11-14)18(27)25-16-7-3-10-26(12-16)20-22-8-4-9-23-20/h2,4-6,8-9,11,16H,3,7,10,12H2,1H3,(H,25,27)/t16-/m1/s1. The van der Waals surface area contributed by atoms with Crippen molar-refractivity contribution < 1.29 is 4.79 Å². The third kappa shape index (κ3) is 4.15. The van der Waals surface area contributed by atoms with Crippen LogP contribution in [0.15, 0.2) is 42.7 Å². The summed E-state index contributed by atoms with van der Waals surface area (Å²) in [7, 11) is 0. The van der Waals surface area contributed by atoms with E-state index >= 15 is 0 Å². The van der Waals surface area contributed by atoms with E-state index in [4.69, 9.17) is 11.6 Å². The molecule has 3 heterocycles. The van der Waals surface area contributed by atoms with Crippen molar-refractivity contribution in [2.45, 2.75) is 25.8 Å². The Morgan fingerprint density at radius 2 is 2.11 bits per heavy atom. The van der Waals surface area contributed by atoms with E-state index in [1.807, 2.05) is 31.2 Å². The first-order valence-electron chi connectivity index (χ1n) is 9.16. The van der Waals surface area contributed by atoms with Crippen molar-refractivity contribution in [1.29, 1.82) is 0 Å². The van der Waals surface area contributed by atoms with Crippen LogP contribution >= 0.6 is 22.9 Å². The molecule has 144 valence electrons. The summed E-state index contributed by atoms with van der Waals surface area (Å²) >= 11 is 7.47. The quantitative estimate of drug-likeness (QED) is 0.700. The van der Waals surface area contributed by atoms with E-state index in [9.17, 15) is 4.79 Å². The second-order valence-electron chi connectivity index (χ2n) is 6.75. The predicted octanol–water partition coefficient (Wildman–Crippen LogP) is 3.96. The lowest BCUT2D eigenvalue weighted by molar-refractivity contribution is 0.0936. The molecule has 0 aliphatic carbocycles. The largest absolute Gasteiger partial charge is 0.347 e. The molecule has 1 amide bonds. The van der Waals surface area contributed by atoms with Crippen molar-refractivity contribution in [1.82, 2.24) is 20.3 Å². The van der Waals surface area contributed by atoms with E-state index in [-0.39, 0.29) is 11.9 Å². The number of benzene rings is 1. The van der Waals surface area contributed by atoms with Gasteiger partial charge in [-0.3, -0.25) is 4.79 Å². The number of carbonyl (C=O) groups is 1. The lowest BCUT2D eigenvalue weighted by Gasteiger charge is -2.33. The third-order valence-electron chi connectivity index (χ3n) is 4.67. The number of nitrogens with zero attached hydrogens (tertiary/aromatic N) is 4. The second kappa shape index (κ2) is 8.24. The molecule has 1 saturated heterocycles. The van der Waals surface area contributed by atoms with E-state index in [1.165, 1.54) is 11.3 Å². The molecule has 1 aliphatic rings. The third-order valence-corrected chi connectivity index (χ3v) is 6.11. The Morgan fingerprint density at radius 1 is 1.29 bits per heavy atom. The summed E-state index contributed by atoms with van der Waals surface area (Å²) in [5.41, 5.74) is 1.65. The fourth-order valence-electron chi connectivity index (χ4n) is 3.33. The lowest BCUT2D eigenvalue weighted by Crippen LogP contribution is -2.48. The zero-order chi connectivity index (χ0) is 19.5. The number of carbonyl (C=O) groups excluding carboxylic acids is 1. The molecule has 8 heteroatoms. The Labute approximate surface area is 172 Å². The van der Waals surface area contributed by atoms with Gasteiger partial charge in [0.15, 0.2) is 0 Å². The maximum atomic E-state index is 12.9. The maximum absolute atomic E-state index is 12.9. The minimum absolute atomic E-state index is 0.0566. The Hall–Kier alpha value is -2.51. The van der Waals surface area contributed by atoms with Gasteiger partial charge in [-0.2, -0.15) is 0 Å². The molecule has 28 heavy (non-hydrogen) atoms. The predicted molar refractivity (Wildman–Crippen MR) is 112 cm³/mol. The van der Waals surface area contributed by atoms with E-state index in [0.29, 0.717) is 22.4 Å². The van der Waals surface area contributed by atoms with Gasteiger partial charge in [0.2, 0.25) is 5.95 Å². The summed E-state index contributed by atoms with van der Waals surface area (Å²) in [6.45, 7) is 3.47. The van der Waals surface area contributed by atoms with Gasteiger partial charge in [-0.25, -0.2) is 15.0 Å². The van der Waals surface area contributed by atoms with Crippen LogP contribution in [0.1, 0.15) is 28.2 Å². The molecule has 0 saturated carbocycles. The molecular weight excluding hydrogens is 394 g/mol. The molecule has 1 aliphatic heterocycles. The highest BCUT2D eigenvalue weighted by atomic mass is 35.5. The minimum Gasteiger partial charge on any atom is -0.347 e. The maximum Gasteiger partial charge on any atom is 0.263 e. The lowest BCUT2D eigenvalue weighted by atomic mass is 10.1. The molecule has 3 aromatic rings. The van der Waals surface area contributed by atoms with Crippen LogP contribution in [0.4, 0.5) is 5.95 Å². The number of amides is 1. The van der Waals surface area contributed by atoms with Crippen molar-refractivity contribution in [3.63, 3.8) is 0 Å². The average Bonchev–Trinajstić information content (AvgIpc) is 3.11. The van der Waals surface area contributed by atoms with E-state index in [1.54, 1.807) is 18.5 Å². The fraction of sp³-hybridized carbons (Fsp3) is 0.300. The van der Waals surface area contributed by atoms with Crippen molar-refractivity contribution in [3.8, 4) is 10.6 Å². The van der Waals surface area contributed by atoms with Gasteiger partial charge in [-0.15, -0.1) is 11.3 Å². The van der Waals surface area contributed by atoms with Crippen molar-refractivity contribution in [2.24, 2.45) is 0 Å². The first-order chi connectivity index (χ1) is 13.6. The number of nitrogens with one attached hydrogen (secondary N) is 1. The van der Waals surface area contributed by atoms with Gasteiger partial charge in [0.25, 0.3) is 5.91 Å². The first-order valence-corrected chi connectivity index (χ1v) is 10.4. The van der Waals surface area contributed by atoms with Gasteiger partial charge in [0.1, 0.15) is 9.88 Å². The fourth-order valence-corrected chi connectivity index (χ4v) is 4.49. The smallest absolute Gasteiger partial charge is 0.263 e. The number of aryl methyl sites for hydroxylation is 1. The summed E-state index contributed by atoms with van der Waals surface area (Å²) in [4.78, 5) is 28.8. The highest BCUT2D eigenvalue weighted by Gasteiger charge is 2.25. The number of hydrogen-bond donors (Lipinski definition) is 1. The molecule has 1 aromatic carbocycles. The number of hydrogen-bond acceptors (Lipinski definition) is 6. The van der Waals surface area contributed by atoms with Crippen LogP contribution in [0.2, 0.25) is 5.02 Å². The molecular formula is C20H20ClN5OS. The molecule has 0 radical (unpaired) electrons. The highest BCUT2D eigenvalue weighted by Crippen LogP contribution is 2.29. The van der Waals surface area contributed by atoms with Crippen LogP contribution in [0.25, 0.3) is 10.6 Å². The van der Waals surface area contributed by atoms with E-state index < -0.39 is 0 Å². The Kier molecular flexibility index (Phi) is 5.54. The molecule has 0 unspecified atom stereocenters. The van der Waals surface area contributed by atoms with Gasteiger partial charge in [0, 0.05) is 42.1 Å².